The van der Waals surface area contributed by atoms with Gasteiger partial charge in [-0.15, -0.1) is 0 Å². The fraction of sp³-hybridized carbons (Fsp3) is 0.357. The number of rotatable bonds is 3. The zero-order valence-electron chi connectivity index (χ0n) is 10.1. The molecule has 0 amide bonds. The highest BCUT2D eigenvalue weighted by Crippen LogP contribution is 2.20. The first-order chi connectivity index (χ1) is 8.29. The maximum absolute atomic E-state index is 11.6. The number of ketones is 1. The smallest absolute Gasteiger partial charge is 0.160 e. The van der Waals surface area contributed by atoms with Gasteiger partial charge in [0.1, 0.15) is 0 Å². The minimum atomic E-state index is 0.288. The summed E-state index contributed by atoms with van der Waals surface area (Å²) in [5, 5.41) is 6.25. The quantitative estimate of drug-likeness (QED) is 0.784. The van der Waals surface area contributed by atoms with Crippen molar-refractivity contribution in [3.05, 3.63) is 36.0 Å². The van der Waals surface area contributed by atoms with Crippen molar-refractivity contribution in [3.63, 3.8) is 0 Å². The number of hydrogen-bond acceptors (Lipinski definition) is 3. The zero-order chi connectivity index (χ0) is 12.1. The summed E-state index contributed by atoms with van der Waals surface area (Å²) in [4.78, 5) is 11.6. The number of anilines is 2. The van der Waals surface area contributed by atoms with Crippen LogP contribution in [0, 0.1) is 0 Å². The van der Waals surface area contributed by atoms with Crippen LogP contribution in [0.2, 0.25) is 0 Å². The number of Topliss-reactive ketones (excluding diaryl/α,β-unsaturated/α-hetero) is 1. The molecule has 0 heterocycles. The summed E-state index contributed by atoms with van der Waals surface area (Å²) in [6, 6.07) is 8.00. The van der Waals surface area contributed by atoms with E-state index in [-0.39, 0.29) is 5.78 Å². The third-order valence-electron chi connectivity index (χ3n) is 3.04. The SMILES string of the molecule is CNc1ccc(N/C=C2/CCCCC2=O)cc1. The number of benzene rings is 1. The molecule has 0 aliphatic heterocycles. The summed E-state index contributed by atoms with van der Waals surface area (Å²) < 4.78 is 0. The molecule has 0 atom stereocenters. The molecule has 1 aliphatic carbocycles. The van der Waals surface area contributed by atoms with Crippen molar-refractivity contribution in [1.29, 1.82) is 0 Å². The van der Waals surface area contributed by atoms with Gasteiger partial charge in [0.05, 0.1) is 0 Å². The van der Waals surface area contributed by atoms with Gasteiger partial charge in [0.15, 0.2) is 5.78 Å². The molecule has 1 saturated carbocycles. The largest absolute Gasteiger partial charge is 0.388 e. The number of carbonyl (C=O) groups is 1. The number of hydrogen-bond donors (Lipinski definition) is 2. The van der Waals surface area contributed by atoms with Gasteiger partial charge < -0.3 is 10.6 Å². The molecule has 3 heteroatoms. The van der Waals surface area contributed by atoms with Crippen LogP contribution in [0.4, 0.5) is 11.4 Å². The van der Waals surface area contributed by atoms with Gasteiger partial charge in [-0.05, 0) is 43.5 Å². The lowest BCUT2D eigenvalue weighted by molar-refractivity contribution is -0.116. The van der Waals surface area contributed by atoms with Crippen LogP contribution in [-0.2, 0) is 4.79 Å². The van der Waals surface area contributed by atoms with E-state index in [1.807, 2.05) is 37.5 Å². The predicted molar refractivity (Wildman–Crippen MR) is 71.2 cm³/mol. The summed E-state index contributed by atoms with van der Waals surface area (Å²) in [5.74, 6) is 0.288. The first-order valence-corrected chi connectivity index (χ1v) is 6.06. The normalized spacial score (nSPS) is 18.2. The molecule has 1 aromatic rings. The highest BCUT2D eigenvalue weighted by Gasteiger charge is 2.14. The molecule has 1 fully saturated rings. The highest BCUT2D eigenvalue weighted by molar-refractivity contribution is 5.96. The average Bonchev–Trinajstić information content (AvgIpc) is 2.38. The van der Waals surface area contributed by atoms with Gasteiger partial charge in [0.25, 0.3) is 0 Å². The molecule has 0 bridgehead atoms. The molecular formula is C14H18N2O. The van der Waals surface area contributed by atoms with Gasteiger partial charge in [0.2, 0.25) is 0 Å². The van der Waals surface area contributed by atoms with Crippen LogP contribution in [0.5, 0.6) is 0 Å². The molecule has 1 aromatic carbocycles. The second-order valence-corrected chi connectivity index (χ2v) is 4.27. The third kappa shape index (κ3) is 3.09. The van der Waals surface area contributed by atoms with Gasteiger partial charge in [-0.3, -0.25) is 4.79 Å². The van der Waals surface area contributed by atoms with E-state index in [0.717, 1.165) is 36.2 Å². The van der Waals surface area contributed by atoms with Crippen LogP contribution < -0.4 is 10.6 Å². The maximum atomic E-state index is 11.6. The topological polar surface area (TPSA) is 41.1 Å². The van der Waals surface area contributed by atoms with E-state index in [2.05, 4.69) is 10.6 Å². The van der Waals surface area contributed by atoms with Crippen molar-refractivity contribution in [2.45, 2.75) is 25.7 Å². The number of carbonyl (C=O) groups excluding carboxylic acids is 1. The van der Waals surface area contributed by atoms with E-state index in [1.165, 1.54) is 0 Å². The molecule has 0 radical (unpaired) electrons. The van der Waals surface area contributed by atoms with Crippen LogP contribution in [0.1, 0.15) is 25.7 Å². The van der Waals surface area contributed by atoms with Crippen molar-refractivity contribution in [2.24, 2.45) is 0 Å². The maximum Gasteiger partial charge on any atom is 0.160 e. The van der Waals surface area contributed by atoms with Crippen molar-refractivity contribution >= 4 is 17.2 Å². The van der Waals surface area contributed by atoms with Crippen molar-refractivity contribution in [3.8, 4) is 0 Å². The second kappa shape index (κ2) is 5.53. The van der Waals surface area contributed by atoms with Gasteiger partial charge in [-0.1, -0.05) is 0 Å². The Kier molecular flexibility index (Phi) is 3.81. The molecule has 0 aromatic heterocycles. The lowest BCUT2D eigenvalue weighted by atomic mass is 9.94. The van der Waals surface area contributed by atoms with Crippen LogP contribution in [0.15, 0.2) is 36.0 Å². The Morgan fingerprint density at radius 3 is 2.35 bits per heavy atom. The first kappa shape index (κ1) is 11.7. The summed E-state index contributed by atoms with van der Waals surface area (Å²) in [6.07, 6.45) is 5.62. The van der Waals surface area contributed by atoms with Crippen molar-refractivity contribution in [2.75, 3.05) is 17.7 Å². The van der Waals surface area contributed by atoms with E-state index < -0.39 is 0 Å². The Morgan fingerprint density at radius 2 is 1.71 bits per heavy atom. The van der Waals surface area contributed by atoms with E-state index in [1.54, 1.807) is 0 Å². The molecular weight excluding hydrogens is 212 g/mol. The fourth-order valence-corrected chi connectivity index (χ4v) is 1.96. The standard InChI is InChI=1S/C14H18N2O/c1-15-12-6-8-13(9-7-12)16-10-11-4-2-3-5-14(11)17/h6-10,15-16H,2-5H2,1H3/b11-10-. The summed E-state index contributed by atoms with van der Waals surface area (Å²) >= 11 is 0. The number of allylic oxidation sites excluding steroid dienone is 1. The molecule has 17 heavy (non-hydrogen) atoms. The van der Waals surface area contributed by atoms with Gasteiger partial charge >= 0.3 is 0 Å². The van der Waals surface area contributed by atoms with Crippen LogP contribution in [0.25, 0.3) is 0 Å². The zero-order valence-corrected chi connectivity index (χ0v) is 10.1. The van der Waals surface area contributed by atoms with Gasteiger partial charge in [0, 0.05) is 36.6 Å². The Hall–Kier alpha value is -1.77. The predicted octanol–water partition coefficient (Wildman–Crippen LogP) is 3.17. The molecule has 90 valence electrons. The second-order valence-electron chi connectivity index (χ2n) is 4.27. The summed E-state index contributed by atoms with van der Waals surface area (Å²) in [5.41, 5.74) is 3.01. The molecule has 0 unspecified atom stereocenters. The first-order valence-electron chi connectivity index (χ1n) is 6.06. The Bertz CT molecular complexity index is 420. The van der Waals surface area contributed by atoms with Crippen LogP contribution in [-0.4, -0.2) is 12.8 Å². The van der Waals surface area contributed by atoms with Gasteiger partial charge in [-0.2, -0.15) is 0 Å². The summed E-state index contributed by atoms with van der Waals surface area (Å²) in [6.45, 7) is 0. The van der Waals surface area contributed by atoms with Crippen LogP contribution >= 0.6 is 0 Å². The van der Waals surface area contributed by atoms with Crippen molar-refractivity contribution < 1.29 is 4.79 Å². The Balaban J connectivity index is 2.00. The fourth-order valence-electron chi connectivity index (χ4n) is 1.96. The van der Waals surface area contributed by atoms with Gasteiger partial charge in [-0.25, -0.2) is 0 Å². The van der Waals surface area contributed by atoms with Crippen molar-refractivity contribution in [1.82, 2.24) is 0 Å². The van der Waals surface area contributed by atoms with Crippen LogP contribution in [0.3, 0.4) is 0 Å². The molecule has 1 aliphatic rings. The minimum absolute atomic E-state index is 0.288. The monoisotopic (exact) mass is 230 g/mol. The molecule has 2 rings (SSSR count). The Labute approximate surface area is 102 Å². The third-order valence-corrected chi connectivity index (χ3v) is 3.04. The lowest BCUT2D eigenvalue weighted by Gasteiger charge is -2.13. The Morgan fingerprint density at radius 1 is 1.06 bits per heavy atom. The minimum Gasteiger partial charge on any atom is -0.388 e. The highest BCUT2D eigenvalue weighted by atomic mass is 16.1. The molecule has 2 N–H and O–H groups in total. The van der Waals surface area contributed by atoms with E-state index >= 15 is 0 Å². The lowest BCUT2D eigenvalue weighted by Crippen LogP contribution is -2.09. The molecule has 0 spiro atoms. The van der Waals surface area contributed by atoms with E-state index in [9.17, 15) is 4.79 Å². The molecule has 0 saturated heterocycles. The molecule has 3 nitrogen and oxygen atoms in total. The number of nitrogens with one attached hydrogen (secondary N) is 2. The summed E-state index contributed by atoms with van der Waals surface area (Å²) in [7, 11) is 1.89. The average molecular weight is 230 g/mol. The van der Waals surface area contributed by atoms with E-state index in [0.29, 0.717) is 6.42 Å². The van der Waals surface area contributed by atoms with E-state index in [4.69, 9.17) is 0 Å².